The molecule has 0 bridgehead atoms. The van der Waals surface area contributed by atoms with E-state index in [1.165, 1.54) is 0 Å². The van der Waals surface area contributed by atoms with Gasteiger partial charge in [-0.3, -0.25) is 9.59 Å². The van der Waals surface area contributed by atoms with Gasteiger partial charge in [-0.05, 0) is 61.4 Å². The first kappa shape index (κ1) is 19.9. The number of hydrogen-bond donors (Lipinski definition) is 3. The number of amides is 2. The molecule has 0 radical (unpaired) electrons. The van der Waals surface area contributed by atoms with Crippen LogP contribution in [0.1, 0.15) is 37.0 Å². The van der Waals surface area contributed by atoms with Gasteiger partial charge in [0.25, 0.3) is 5.91 Å². The van der Waals surface area contributed by atoms with Crippen molar-refractivity contribution in [2.45, 2.75) is 26.7 Å². The van der Waals surface area contributed by atoms with Crippen molar-refractivity contribution < 1.29 is 9.59 Å². The molecule has 0 unspecified atom stereocenters. The van der Waals surface area contributed by atoms with Crippen molar-refractivity contribution in [3.63, 3.8) is 0 Å². The Labute approximate surface area is 158 Å². The number of anilines is 2. The van der Waals surface area contributed by atoms with Gasteiger partial charge in [-0.2, -0.15) is 0 Å². The van der Waals surface area contributed by atoms with Crippen molar-refractivity contribution in [2.24, 2.45) is 11.1 Å². The van der Waals surface area contributed by atoms with Crippen molar-refractivity contribution in [3.8, 4) is 0 Å². The van der Waals surface area contributed by atoms with Gasteiger partial charge in [-0.15, -0.1) is 0 Å². The highest BCUT2D eigenvalue weighted by molar-refractivity contribution is 6.30. The van der Waals surface area contributed by atoms with Crippen LogP contribution in [0.2, 0.25) is 5.02 Å². The van der Waals surface area contributed by atoms with Gasteiger partial charge in [-0.25, -0.2) is 0 Å². The Morgan fingerprint density at radius 2 is 1.42 bits per heavy atom. The topological polar surface area (TPSA) is 84.2 Å². The van der Waals surface area contributed by atoms with E-state index in [-0.39, 0.29) is 11.8 Å². The number of carbonyl (C=O) groups is 2. The lowest BCUT2D eigenvalue weighted by molar-refractivity contribution is -0.125. The first-order chi connectivity index (χ1) is 12.4. The molecule has 2 rings (SSSR count). The highest BCUT2D eigenvalue weighted by Gasteiger charge is 2.33. The molecule has 2 aromatic rings. The fraction of sp³-hybridized carbons (Fsp3) is 0.300. The number of nitrogens with two attached hydrogens (primary N) is 1. The average molecular weight is 374 g/mol. The van der Waals surface area contributed by atoms with E-state index in [2.05, 4.69) is 10.6 Å². The molecule has 0 fully saturated rings. The molecule has 0 aliphatic rings. The summed E-state index contributed by atoms with van der Waals surface area (Å²) in [7, 11) is 0. The molecule has 26 heavy (non-hydrogen) atoms. The summed E-state index contributed by atoms with van der Waals surface area (Å²) in [5.41, 5.74) is 7.08. The van der Waals surface area contributed by atoms with Crippen LogP contribution in [-0.4, -0.2) is 18.4 Å². The molecule has 2 amide bonds. The number of hydrogen-bond acceptors (Lipinski definition) is 3. The van der Waals surface area contributed by atoms with Gasteiger partial charge in [0.05, 0.1) is 5.41 Å². The predicted octanol–water partition coefficient (Wildman–Crippen LogP) is 4.30. The highest BCUT2D eigenvalue weighted by Crippen LogP contribution is 2.27. The largest absolute Gasteiger partial charge is 0.329 e. The summed E-state index contributed by atoms with van der Waals surface area (Å²) in [5.74, 6) is -0.305. The van der Waals surface area contributed by atoms with Crippen LogP contribution in [0.15, 0.2) is 48.5 Å². The summed E-state index contributed by atoms with van der Waals surface area (Å²) in [6.07, 6.45) is 1.36. The van der Waals surface area contributed by atoms with Crippen molar-refractivity contribution in [2.75, 3.05) is 17.2 Å². The second kappa shape index (κ2) is 8.83. The third-order valence-corrected chi connectivity index (χ3v) is 4.98. The van der Waals surface area contributed by atoms with E-state index >= 15 is 0 Å². The molecule has 0 saturated heterocycles. The molecule has 0 spiro atoms. The summed E-state index contributed by atoms with van der Waals surface area (Å²) in [6.45, 7) is 4.23. The number of nitrogens with one attached hydrogen (secondary N) is 2. The Kier molecular flexibility index (Phi) is 6.77. The third kappa shape index (κ3) is 4.62. The Morgan fingerprint density at radius 3 is 1.88 bits per heavy atom. The smallest absolute Gasteiger partial charge is 0.255 e. The second-order valence-electron chi connectivity index (χ2n) is 6.18. The summed E-state index contributed by atoms with van der Waals surface area (Å²) >= 11 is 5.82. The predicted molar refractivity (Wildman–Crippen MR) is 107 cm³/mol. The summed E-state index contributed by atoms with van der Waals surface area (Å²) in [4.78, 5) is 24.7. The number of halogens is 1. The monoisotopic (exact) mass is 373 g/mol. The van der Waals surface area contributed by atoms with Gasteiger partial charge in [-0.1, -0.05) is 25.4 Å². The second-order valence-corrected chi connectivity index (χ2v) is 6.62. The van der Waals surface area contributed by atoms with Crippen LogP contribution in [0, 0.1) is 5.41 Å². The number of rotatable bonds is 7. The van der Waals surface area contributed by atoms with Crippen LogP contribution in [0.3, 0.4) is 0 Å². The van der Waals surface area contributed by atoms with Crippen LogP contribution in [0.4, 0.5) is 11.4 Å². The van der Waals surface area contributed by atoms with E-state index in [1.54, 1.807) is 48.5 Å². The van der Waals surface area contributed by atoms with E-state index in [0.717, 1.165) is 0 Å². The van der Waals surface area contributed by atoms with Gasteiger partial charge in [0.15, 0.2) is 0 Å². The van der Waals surface area contributed by atoms with Gasteiger partial charge >= 0.3 is 0 Å². The maximum Gasteiger partial charge on any atom is 0.255 e. The Bertz CT molecular complexity index is 745. The van der Waals surface area contributed by atoms with E-state index in [1.807, 2.05) is 13.8 Å². The van der Waals surface area contributed by atoms with Crippen LogP contribution in [-0.2, 0) is 4.79 Å². The zero-order valence-electron chi connectivity index (χ0n) is 15.0. The molecule has 0 atom stereocenters. The SMILES string of the molecule is CCC(CC)(CN)C(=O)Nc1ccc(NC(=O)c2ccc(Cl)cc2)cc1. The minimum Gasteiger partial charge on any atom is -0.329 e. The molecule has 2 aromatic carbocycles. The normalized spacial score (nSPS) is 11.1. The minimum absolute atomic E-state index is 0.0806. The third-order valence-electron chi connectivity index (χ3n) is 4.73. The number of benzene rings is 2. The van der Waals surface area contributed by atoms with Gasteiger partial charge in [0, 0.05) is 28.5 Å². The lowest BCUT2D eigenvalue weighted by Crippen LogP contribution is -2.41. The molecular formula is C20H24ClN3O2. The van der Waals surface area contributed by atoms with Crippen LogP contribution in [0.25, 0.3) is 0 Å². The molecular weight excluding hydrogens is 350 g/mol. The van der Waals surface area contributed by atoms with Gasteiger partial charge < -0.3 is 16.4 Å². The molecule has 0 saturated carbocycles. The van der Waals surface area contributed by atoms with Gasteiger partial charge in [0.1, 0.15) is 0 Å². The summed E-state index contributed by atoms with van der Waals surface area (Å²) in [5, 5.41) is 6.29. The standard InChI is InChI=1S/C20H24ClN3O2/c1-3-20(4-2,13-22)19(26)24-17-11-9-16(10-12-17)23-18(25)14-5-7-15(21)8-6-14/h5-12H,3-4,13,22H2,1-2H3,(H,23,25)(H,24,26). The first-order valence-corrected chi connectivity index (χ1v) is 9.00. The van der Waals surface area contributed by atoms with Crippen molar-refractivity contribution in [3.05, 3.63) is 59.1 Å². The van der Waals surface area contributed by atoms with Crippen LogP contribution < -0.4 is 16.4 Å². The minimum atomic E-state index is -0.554. The maximum atomic E-state index is 12.5. The highest BCUT2D eigenvalue weighted by atomic mass is 35.5. The fourth-order valence-corrected chi connectivity index (χ4v) is 2.78. The van der Waals surface area contributed by atoms with E-state index < -0.39 is 5.41 Å². The average Bonchev–Trinajstić information content (AvgIpc) is 2.66. The van der Waals surface area contributed by atoms with Crippen molar-refractivity contribution in [1.29, 1.82) is 0 Å². The lowest BCUT2D eigenvalue weighted by atomic mass is 9.81. The molecule has 0 aromatic heterocycles. The molecule has 4 N–H and O–H groups in total. The van der Waals surface area contributed by atoms with Crippen molar-refractivity contribution >= 4 is 34.8 Å². The van der Waals surface area contributed by atoms with Crippen molar-refractivity contribution in [1.82, 2.24) is 0 Å². The van der Waals surface area contributed by atoms with Gasteiger partial charge in [0.2, 0.25) is 5.91 Å². The molecule has 5 nitrogen and oxygen atoms in total. The van der Waals surface area contributed by atoms with Crippen LogP contribution in [0.5, 0.6) is 0 Å². The molecule has 0 heterocycles. The van der Waals surface area contributed by atoms with E-state index in [9.17, 15) is 9.59 Å². The lowest BCUT2D eigenvalue weighted by Gasteiger charge is -2.28. The number of carbonyl (C=O) groups excluding carboxylic acids is 2. The zero-order chi connectivity index (χ0) is 19.2. The molecule has 6 heteroatoms. The molecule has 0 aliphatic carbocycles. The van der Waals surface area contributed by atoms with Crippen LogP contribution >= 0.6 is 11.6 Å². The Morgan fingerprint density at radius 1 is 0.923 bits per heavy atom. The Balaban J connectivity index is 2.03. The van der Waals surface area contributed by atoms with E-state index in [4.69, 9.17) is 17.3 Å². The maximum absolute atomic E-state index is 12.5. The molecule has 0 aliphatic heterocycles. The Hall–Kier alpha value is -2.37. The summed E-state index contributed by atoms with van der Waals surface area (Å²) < 4.78 is 0. The summed E-state index contributed by atoms with van der Waals surface area (Å²) in [6, 6.07) is 13.6. The fourth-order valence-electron chi connectivity index (χ4n) is 2.66. The zero-order valence-corrected chi connectivity index (χ0v) is 15.8. The molecule has 138 valence electrons. The van der Waals surface area contributed by atoms with E-state index in [0.29, 0.717) is 41.3 Å². The quantitative estimate of drug-likeness (QED) is 0.676. The first-order valence-electron chi connectivity index (χ1n) is 8.62.